The predicted molar refractivity (Wildman–Crippen MR) is 94.7 cm³/mol. The van der Waals surface area contributed by atoms with Crippen molar-refractivity contribution in [1.29, 1.82) is 0 Å². The molecule has 0 radical (unpaired) electrons. The third kappa shape index (κ3) is 1.67. The Kier molecular flexibility index (Phi) is 3.16. The maximum absolute atomic E-state index is 12.7. The summed E-state index contributed by atoms with van der Waals surface area (Å²) in [6.07, 6.45) is 14.7. The second-order valence-electron chi connectivity index (χ2n) is 9.44. The molecule has 5 rings (SSSR count). The highest BCUT2D eigenvalue weighted by atomic mass is 16.3. The molecule has 0 amide bonds. The molecule has 0 saturated heterocycles. The second kappa shape index (κ2) is 4.94. The van der Waals surface area contributed by atoms with Crippen molar-refractivity contribution >= 4 is 11.6 Å². The highest BCUT2D eigenvalue weighted by Crippen LogP contribution is 2.78. The molecule has 3 nitrogen and oxygen atoms in total. The van der Waals surface area contributed by atoms with Crippen molar-refractivity contribution in [2.45, 2.75) is 58.3 Å². The first-order valence-electron chi connectivity index (χ1n) is 10.1. The highest BCUT2D eigenvalue weighted by Gasteiger charge is 2.73. The topological polar surface area (TPSA) is 54.4 Å². The summed E-state index contributed by atoms with van der Waals surface area (Å²) in [5.74, 6) is 2.24. The zero-order valence-electron chi connectivity index (χ0n) is 15.1. The minimum absolute atomic E-state index is 0.0211. The number of allylic oxidation sites excluding steroid dienone is 3. The molecule has 0 heterocycles. The van der Waals surface area contributed by atoms with E-state index in [2.05, 4.69) is 19.1 Å². The predicted octanol–water partition coefficient (Wildman–Crippen LogP) is 3.62. The Balaban J connectivity index is 1.55. The number of hydrogen-bond acceptors (Lipinski definition) is 3. The molecule has 2 bridgehead atoms. The SMILES string of the molecule is C[C@]12CC[C@H]3[C@@H](CCC4=CC(=O)CC[C@@H]43)C13C=C[C@@]2(C(=O)CO)CC3. The molecule has 3 heteroatoms. The average molecular weight is 340 g/mol. The maximum Gasteiger partial charge on any atom is 0.168 e. The third-order valence-electron chi connectivity index (χ3n) is 9.19. The summed E-state index contributed by atoms with van der Waals surface area (Å²) < 4.78 is 0. The van der Waals surface area contributed by atoms with Gasteiger partial charge in [-0.25, -0.2) is 0 Å². The minimum atomic E-state index is -0.425. The van der Waals surface area contributed by atoms with Gasteiger partial charge in [0.1, 0.15) is 6.61 Å². The maximum atomic E-state index is 12.7. The third-order valence-corrected chi connectivity index (χ3v) is 9.19. The molecule has 5 aliphatic carbocycles. The Hall–Kier alpha value is -1.22. The fourth-order valence-corrected chi connectivity index (χ4v) is 7.98. The van der Waals surface area contributed by atoms with E-state index < -0.39 is 5.41 Å². The smallest absolute Gasteiger partial charge is 0.168 e. The van der Waals surface area contributed by atoms with Crippen LogP contribution < -0.4 is 0 Å². The lowest BCUT2D eigenvalue weighted by atomic mass is 9.44. The highest BCUT2D eigenvalue weighted by molar-refractivity contribution is 5.91. The van der Waals surface area contributed by atoms with E-state index in [0.717, 1.165) is 38.5 Å². The van der Waals surface area contributed by atoms with Gasteiger partial charge in [-0.1, -0.05) is 24.6 Å². The average Bonchev–Trinajstić information content (AvgIpc) is 3.05. The van der Waals surface area contributed by atoms with Crippen LogP contribution in [0.15, 0.2) is 23.8 Å². The second-order valence-corrected chi connectivity index (χ2v) is 9.44. The van der Waals surface area contributed by atoms with E-state index >= 15 is 0 Å². The standard InChI is InChI=1S/C22H28O3/c1-20-7-6-17-16-4-3-15(24)12-14(16)2-5-18(17)21(20)8-10-22(20,11-9-21)19(25)13-23/h8,10,12,16-18,23H,2-7,9,11,13H2,1H3/t16-,17+,18+,20-,21?,22-/m0/s1. The van der Waals surface area contributed by atoms with Gasteiger partial charge in [-0.2, -0.15) is 0 Å². The van der Waals surface area contributed by atoms with Crippen LogP contribution in [-0.4, -0.2) is 23.3 Å². The molecule has 0 aromatic carbocycles. The number of Topliss-reactive ketones (excluding diaryl/α,β-unsaturated/α-hetero) is 1. The molecule has 3 saturated carbocycles. The summed E-state index contributed by atoms with van der Waals surface area (Å²) in [5.41, 5.74) is 1.10. The number of carbonyl (C=O) groups excluding carboxylic acids is 2. The largest absolute Gasteiger partial charge is 0.389 e. The van der Waals surface area contributed by atoms with Gasteiger partial charge in [-0.05, 0) is 79.6 Å². The van der Waals surface area contributed by atoms with Gasteiger partial charge < -0.3 is 5.11 Å². The van der Waals surface area contributed by atoms with Gasteiger partial charge >= 0.3 is 0 Å². The Morgan fingerprint density at radius 3 is 2.72 bits per heavy atom. The molecule has 0 aromatic heterocycles. The number of aliphatic hydroxyl groups is 1. The summed E-state index contributed by atoms with van der Waals surface area (Å²) in [7, 11) is 0. The van der Waals surface area contributed by atoms with Crippen molar-refractivity contribution in [2.24, 2.45) is 34.0 Å². The lowest BCUT2D eigenvalue weighted by Crippen LogP contribution is -2.54. The Bertz CT molecular complexity index is 719. The van der Waals surface area contributed by atoms with E-state index in [4.69, 9.17) is 0 Å². The van der Waals surface area contributed by atoms with Crippen molar-refractivity contribution in [3.05, 3.63) is 23.8 Å². The van der Waals surface area contributed by atoms with Gasteiger partial charge in [0, 0.05) is 6.42 Å². The van der Waals surface area contributed by atoms with Crippen LogP contribution in [0.4, 0.5) is 0 Å². The zero-order valence-corrected chi connectivity index (χ0v) is 15.1. The molecule has 25 heavy (non-hydrogen) atoms. The van der Waals surface area contributed by atoms with Crippen LogP contribution in [-0.2, 0) is 9.59 Å². The number of hydrogen-bond donors (Lipinski definition) is 1. The quantitative estimate of drug-likeness (QED) is 0.781. The van der Waals surface area contributed by atoms with E-state index in [-0.39, 0.29) is 23.2 Å². The van der Waals surface area contributed by atoms with Gasteiger partial charge in [0.2, 0.25) is 0 Å². The molecule has 0 aromatic rings. The van der Waals surface area contributed by atoms with E-state index in [1.54, 1.807) is 0 Å². The number of ketones is 2. The summed E-state index contributed by atoms with van der Waals surface area (Å²) >= 11 is 0. The Morgan fingerprint density at radius 2 is 2.00 bits per heavy atom. The number of aliphatic hydroxyl groups excluding tert-OH is 1. The summed E-state index contributed by atoms with van der Waals surface area (Å²) in [4.78, 5) is 24.6. The van der Waals surface area contributed by atoms with E-state index in [9.17, 15) is 14.7 Å². The lowest BCUT2D eigenvalue weighted by molar-refractivity contribution is -0.141. The summed E-state index contributed by atoms with van der Waals surface area (Å²) in [6.45, 7) is 2.00. The molecule has 134 valence electrons. The van der Waals surface area contributed by atoms with Crippen LogP contribution >= 0.6 is 0 Å². The van der Waals surface area contributed by atoms with Crippen molar-refractivity contribution in [1.82, 2.24) is 0 Å². The normalized spacial score (nSPS) is 50.1. The first kappa shape index (κ1) is 16.0. The van der Waals surface area contributed by atoms with Gasteiger partial charge in [0.05, 0.1) is 5.41 Å². The molecular formula is C22H28O3. The van der Waals surface area contributed by atoms with E-state index in [1.807, 2.05) is 6.08 Å². The number of carbonyl (C=O) groups is 2. The minimum Gasteiger partial charge on any atom is -0.389 e. The fraction of sp³-hybridized carbons (Fsp3) is 0.727. The van der Waals surface area contributed by atoms with Gasteiger partial charge in [0.25, 0.3) is 0 Å². The molecule has 1 unspecified atom stereocenters. The molecule has 5 aliphatic rings. The zero-order chi connectivity index (χ0) is 17.4. The molecule has 0 spiro atoms. The summed E-state index contributed by atoms with van der Waals surface area (Å²) in [5, 5.41) is 9.60. The van der Waals surface area contributed by atoms with E-state index in [1.165, 1.54) is 12.0 Å². The first-order chi connectivity index (χ1) is 12.0. The first-order valence-corrected chi connectivity index (χ1v) is 10.1. The molecular weight excluding hydrogens is 312 g/mol. The van der Waals surface area contributed by atoms with Crippen molar-refractivity contribution in [2.75, 3.05) is 6.61 Å². The molecule has 6 atom stereocenters. The van der Waals surface area contributed by atoms with Gasteiger partial charge in [-0.15, -0.1) is 0 Å². The van der Waals surface area contributed by atoms with Gasteiger partial charge in [0.15, 0.2) is 11.6 Å². The lowest BCUT2D eigenvalue weighted by Gasteiger charge is -2.59. The van der Waals surface area contributed by atoms with Crippen molar-refractivity contribution in [3.8, 4) is 0 Å². The Morgan fingerprint density at radius 1 is 1.16 bits per heavy atom. The van der Waals surface area contributed by atoms with Crippen LogP contribution in [0.5, 0.6) is 0 Å². The van der Waals surface area contributed by atoms with Crippen LogP contribution in [0.2, 0.25) is 0 Å². The number of rotatable bonds is 2. The molecule has 1 N–H and O–H groups in total. The molecule has 3 fully saturated rings. The fourth-order valence-electron chi connectivity index (χ4n) is 7.98. The van der Waals surface area contributed by atoms with Crippen molar-refractivity contribution in [3.63, 3.8) is 0 Å². The van der Waals surface area contributed by atoms with Crippen LogP contribution in [0.3, 0.4) is 0 Å². The Labute approximate surface area is 149 Å². The molecule has 0 aliphatic heterocycles. The van der Waals surface area contributed by atoms with Crippen LogP contribution in [0.1, 0.15) is 58.3 Å². The van der Waals surface area contributed by atoms with Crippen molar-refractivity contribution < 1.29 is 14.7 Å². The van der Waals surface area contributed by atoms with Crippen LogP contribution in [0.25, 0.3) is 0 Å². The summed E-state index contributed by atoms with van der Waals surface area (Å²) in [6, 6.07) is 0. The monoisotopic (exact) mass is 340 g/mol. The van der Waals surface area contributed by atoms with Gasteiger partial charge in [-0.3, -0.25) is 9.59 Å². The number of fused-ring (bicyclic) bond motifs is 3. The van der Waals surface area contributed by atoms with Crippen LogP contribution in [0, 0.1) is 34.0 Å². The van der Waals surface area contributed by atoms with E-state index in [0.29, 0.717) is 30.0 Å².